The second kappa shape index (κ2) is 3.86. The summed E-state index contributed by atoms with van der Waals surface area (Å²) in [7, 11) is 0. The van der Waals surface area contributed by atoms with Crippen molar-refractivity contribution in [2.45, 2.75) is 26.8 Å². The molecule has 2 N–H and O–H groups in total. The number of nitrogens with two attached hydrogens (primary N) is 1. The van der Waals surface area contributed by atoms with Crippen LogP contribution in [0.15, 0.2) is 18.2 Å². The molecule has 82 valence electrons. The molecule has 0 radical (unpaired) electrons. The quantitative estimate of drug-likeness (QED) is 0.802. The van der Waals surface area contributed by atoms with Gasteiger partial charge in [0.1, 0.15) is 0 Å². The van der Waals surface area contributed by atoms with E-state index in [4.69, 9.17) is 5.73 Å². The Bertz CT molecular complexity index is 358. The van der Waals surface area contributed by atoms with Crippen molar-refractivity contribution in [1.29, 1.82) is 0 Å². The Morgan fingerprint density at radius 1 is 1.47 bits per heavy atom. The number of anilines is 1. The topological polar surface area (TPSA) is 29.3 Å². The molecule has 1 aliphatic heterocycles. The van der Waals surface area contributed by atoms with E-state index in [1.807, 2.05) is 0 Å². The summed E-state index contributed by atoms with van der Waals surface area (Å²) in [5, 5.41) is 0. The largest absolute Gasteiger partial charge is 0.369 e. The molecule has 2 heteroatoms. The molecule has 0 spiro atoms. The van der Waals surface area contributed by atoms with Gasteiger partial charge in [-0.05, 0) is 24.5 Å². The fourth-order valence-electron chi connectivity index (χ4n) is 2.31. The van der Waals surface area contributed by atoms with Crippen LogP contribution in [0, 0.1) is 12.8 Å². The highest BCUT2D eigenvalue weighted by atomic mass is 15.2. The maximum absolute atomic E-state index is 6.14. The Morgan fingerprint density at radius 2 is 2.20 bits per heavy atom. The fourth-order valence-corrected chi connectivity index (χ4v) is 2.31. The maximum atomic E-state index is 6.14. The summed E-state index contributed by atoms with van der Waals surface area (Å²) in [4.78, 5) is 2.41. The summed E-state index contributed by atoms with van der Waals surface area (Å²) in [6.45, 7) is 8.69. The highest BCUT2D eigenvalue weighted by molar-refractivity contribution is 5.60. The number of fused-ring (bicyclic) bond motifs is 1. The van der Waals surface area contributed by atoms with E-state index in [2.05, 4.69) is 43.9 Å². The Kier molecular flexibility index (Phi) is 2.70. The van der Waals surface area contributed by atoms with Gasteiger partial charge in [-0.1, -0.05) is 31.5 Å². The van der Waals surface area contributed by atoms with E-state index in [0.717, 1.165) is 13.1 Å². The average Bonchev–Trinajstić information content (AvgIpc) is 2.42. The van der Waals surface area contributed by atoms with Gasteiger partial charge in [-0.15, -0.1) is 0 Å². The fraction of sp³-hybridized carbons (Fsp3) is 0.538. The lowest BCUT2D eigenvalue weighted by molar-refractivity contribution is 0.603. The monoisotopic (exact) mass is 204 g/mol. The van der Waals surface area contributed by atoms with Crippen LogP contribution in [0.25, 0.3) is 0 Å². The first-order valence-electron chi connectivity index (χ1n) is 5.69. The van der Waals surface area contributed by atoms with Crippen LogP contribution in [0.1, 0.15) is 31.0 Å². The molecule has 0 amide bonds. The molecular weight excluding hydrogens is 184 g/mol. The molecule has 1 heterocycles. The first kappa shape index (κ1) is 10.5. The molecule has 1 atom stereocenters. The van der Waals surface area contributed by atoms with Crippen molar-refractivity contribution in [2.75, 3.05) is 18.0 Å². The number of rotatable bonds is 2. The average molecular weight is 204 g/mol. The summed E-state index contributed by atoms with van der Waals surface area (Å²) in [6, 6.07) is 6.79. The summed E-state index contributed by atoms with van der Waals surface area (Å²) >= 11 is 0. The molecular formula is C13H20N2. The zero-order chi connectivity index (χ0) is 11.0. The van der Waals surface area contributed by atoms with Crippen LogP contribution in [-0.4, -0.2) is 13.1 Å². The van der Waals surface area contributed by atoms with Gasteiger partial charge in [0.25, 0.3) is 0 Å². The summed E-state index contributed by atoms with van der Waals surface area (Å²) < 4.78 is 0. The van der Waals surface area contributed by atoms with Crippen molar-refractivity contribution in [3.05, 3.63) is 29.3 Å². The SMILES string of the molecule is Cc1ccc2c(c1)[C@H](N)CN2CC(C)C. The lowest BCUT2D eigenvalue weighted by Gasteiger charge is -2.21. The standard InChI is InChI=1S/C13H20N2/c1-9(2)7-15-8-12(14)11-6-10(3)4-5-13(11)15/h4-6,9,12H,7-8,14H2,1-3H3/t12-/m1/s1. The Balaban J connectivity index is 2.30. The van der Waals surface area contributed by atoms with E-state index in [1.165, 1.54) is 16.8 Å². The molecule has 1 aromatic rings. The highest BCUT2D eigenvalue weighted by Crippen LogP contribution is 2.34. The van der Waals surface area contributed by atoms with Gasteiger partial charge in [0.15, 0.2) is 0 Å². The Morgan fingerprint density at radius 3 is 2.87 bits per heavy atom. The van der Waals surface area contributed by atoms with Gasteiger partial charge < -0.3 is 10.6 Å². The van der Waals surface area contributed by atoms with Gasteiger partial charge >= 0.3 is 0 Å². The van der Waals surface area contributed by atoms with Gasteiger partial charge in [0, 0.05) is 24.8 Å². The van der Waals surface area contributed by atoms with E-state index in [0.29, 0.717) is 5.92 Å². The molecule has 0 bridgehead atoms. The van der Waals surface area contributed by atoms with Crippen LogP contribution in [0.3, 0.4) is 0 Å². The number of hydrogen-bond acceptors (Lipinski definition) is 2. The molecule has 0 fully saturated rings. The summed E-state index contributed by atoms with van der Waals surface area (Å²) in [5.74, 6) is 0.685. The van der Waals surface area contributed by atoms with Crippen LogP contribution in [0.2, 0.25) is 0 Å². The van der Waals surface area contributed by atoms with Gasteiger partial charge in [0.05, 0.1) is 0 Å². The Labute approximate surface area is 92.1 Å². The van der Waals surface area contributed by atoms with E-state index < -0.39 is 0 Å². The minimum atomic E-state index is 0.193. The second-order valence-corrected chi connectivity index (χ2v) is 4.97. The molecule has 2 rings (SSSR count). The van der Waals surface area contributed by atoms with Crippen LogP contribution in [-0.2, 0) is 0 Å². The van der Waals surface area contributed by atoms with Crippen molar-refractivity contribution >= 4 is 5.69 Å². The molecule has 2 nitrogen and oxygen atoms in total. The minimum absolute atomic E-state index is 0.193. The van der Waals surface area contributed by atoms with Gasteiger partial charge in [-0.2, -0.15) is 0 Å². The van der Waals surface area contributed by atoms with Gasteiger partial charge in [0.2, 0.25) is 0 Å². The predicted octanol–water partition coefficient (Wildman–Crippen LogP) is 2.47. The number of nitrogens with zero attached hydrogens (tertiary/aromatic N) is 1. The zero-order valence-electron chi connectivity index (χ0n) is 9.83. The Hall–Kier alpha value is -1.02. The van der Waals surface area contributed by atoms with Crippen LogP contribution in [0.5, 0.6) is 0 Å². The molecule has 0 saturated heterocycles. The van der Waals surface area contributed by atoms with Gasteiger partial charge in [-0.3, -0.25) is 0 Å². The predicted molar refractivity (Wildman–Crippen MR) is 65.2 cm³/mol. The molecule has 1 aromatic carbocycles. The highest BCUT2D eigenvalue weighted by Gasteiger charge is 2.25. The lowest BCUT2D eigenvalue weighted by Crippen LogP contribution is -2.28. The second-order valence-electron chi connectivity index (χ2n) is 4.97. The molecule has 0 unspecified atom stereocenters. The van der Waals surface area contributed by atoms with E-state index in [-0.39, 0.29) is 6.04 Å². The van der Waals surface area contributed by atoms with Gasteiger partial charge in [-0.25, -0.2) is 0 Å². The summed E-state index contributed by atoms with van der Waals surface area (Å²) in [5.41, 5.74) is 10.1. The number of aryl methyl sites for hydroxylation is 1. The zero-order valence-corrected chi connectivity index (χ0v) is 9.83. The molecule has 1 aliphatic rings. The normalized spacial score (nSPS) is 19.8. The smallest absolute Gasteiger partial charge is 0.0493 e. The van der Waals surface area contributed by atoms with Crippen LogP contribution < -0.4 is 10.6 Å². The molecule has 15 heavy (non-hydrogen) atoms. The molecule has 0 saturated carbocycles. The van der Waals surface area contributed by atoms with Crippen LogP contribution >= 0.6 is 0 Å². The van der Waals surface area contributed by atoms with Crippen LogP contribution in [0.4, 0.5) is 5.69 Å². The summed E-state index contributed by atoms with van der Waals surface area (Å²) in [6.07, 6.45) is 0. The van der Waals surface area contributed by atoms with Crippen molar-refractivity contribution in [2.24, 2.45) is 11.7 Å². The first-order valence-corrected chi connectivity index (χ1v) is 5.69. The third kappa shape index (κ3) is 2.00. The number of hydrogen-bond donors (Lipinski definition) is 1. The van der Waals surface area contributed by atoms with Crippen molar-refractivity contribution in [3.8, 4) is 0 Å². The lowest BCUT2D eigenvalue weighted by atomic mass is 10.1. The molecule has 0 aromatic heterocycles. The third-order valence-corrected chi connectivity index (χ3v) is 2.93. The van der Waals surface area contributed by atoms with E-state index in [1.54, 1.807) is 0 Å². The van der Waals surface area contributed by atoms with Crippen molar-refractivity contribution in [1.82, 2.24) is 0 Å². The van der Waals surface area contributed by atoms with E-state index >= 15 is 0 Å². The number of benzene rings is 1. The van der Waals surface area contributed by atoms with E-state index in [9.17, 15) is 0 Å². The van der Waals surface area contributed by atoms with Crippen molar-refractivity contribution in [3.63, 3.8) is 0 Å². The maximum Gasteiger partial charge on any atom is 0.0493 e. The molecule has 0 aliphatic carbocycles. The minimum Gasteiger partial charge on any atom is -0.369 e. The van der Waals surface area contributed by atoms with Crippen molar-refractivity contribution < 1.29 is 0 Å². The first-order chi connectivity index (χ1) is 7.08. The third-order valence-electron chi connectivity index (χ3n) is 2.93.